The summed E-state index contributed by atoms with van der Waals surface area (Å²) in [5.41, 5.74) is 2.08. The van der Waals surface area contributed by atoms with E-state index in [2.05, 4.69) is 12.2 Å². The molecule has 3 heteroatoms. The summed E-state index contributed by atoms with van der Waals surface area (Å²) in [7, 11) is 0. The topological polar surface area (TPSA) is 33.5 Å². The number of nitrogens with one attached hydrogen (secondary N) is 2. The number of amides is 1. The molecule has 0 radical (unpaired) electrons. The van der Waals surface area contributed by atoms with Crippen molar-refractivity contribution in [2.45, 2.75) is 26.7 Å². The molecule has 1 unspecified atom stereocenters. The predicted octanol–water partition coefficient (Wildman–Crippen LogP) is 1.25. The first-order valence-corrected chi connectivity index (χ1v) is 6.83. The highest BCUT2D eigenvalue weighted by Crippen LogP contribution is 2.09. The Balaban J connectivity index is 1.85. The van der Waals surface area contributed by atoms with Crippen LogP contribution in [0.25, 0.3) is 0 Å². The second kappa shape index (κ2) is 6.01. The van der Waals surface area contributed by atoms with E-state index < -0.39 is 0 Å². The summed E-state index contributed by atoms with van der Waals surface area (Å²) < 4.78 is 0. The summed E-state index contributed by atoms with van der Waals surface area (Å²) in [5, 5.41) is 2.99. The molecule has 1 saturated heterocycles. The van der Waals surface area contributed by atoms with Crippen molar-refractivity contribution < 1.29 is 9.69 Å². The average Bonchev–Trinajstić information content (AvgIpc) is 2.28. The van der Waals surface area contributed by atoms with Gasteiger partial charge in [0.15, 0.2) is 6.54 Å². The lowest BCUT2D eigenvalue weighted by atomic mass is 10.0. The first kappa shape index (κ1) is 13.1. The minimum atomic E-state index is 0.129. The fourth-order valence-corrected chi connectivity index (χ4v) is 2.71. The summed E-state index contributed by atoms with van der Waals surface area (Å²) in [6.07, 6.45) is 2.55. The summed E-state index contributed by atoms with van der Waals surface area (Å²) in [5.74, 6) is 0.880. The molecule has 0 aliphatic carbocycles. The van der Waals surface area contributed by atoms with Gasteiger partial charge in [0.25, 0.3) is 5.91 Å². The van der Waals surface area contributed by atoms with Crippen LogP contribution in [0.5, 0.6) is 0 Å². The van der Waals surface area contributed by atoms with Gasteiger partial charge < -0.3 is 10.2 Å². The van der Waals surface area contributed by atoms with Crippen LogP contribution in [0.2, 0.25) is 0 Å². The highest BCUT2D eigenvalue weighted by Gasteiger charge is 2.21. The molecule has 0 saturated carbocycles. The van der Waals surface area contributed by atoms with E-state index in [4.69, 9.17) is 0 Å². The van der Waals surface area contributed by atoms with E-state index in [1.165, 1.54) is 23.3 Å². The molecule has 3 nitrogen and oxygen atoms in total. The van der Waals surface area contributed by atoms with Gasteiger partial charge in [0, 0.05) is 11.6 Å². The molecule has 1 aliphatic rings. The second-order valence-corrected chi connectivity index (χ2v) is 5.55. The van der Waals surface area contributed by atoms with Crippen LogP contribution in [-0.2, 0) is 4.79 Å². The number of likely N-dealkylation sites (tertiary alicyclic amines) is 1. The smallest absolute Gasteiger partial charge is 0.279 e. The van der Waals surface area contributed by atoms with Gasteiger partial charge in [-0.1, -0.05) is 19.1 Å². The number of rotatable bonds is 3. The van der Waals surface area contributed by atoms with Crippen molar-refractivity contribution in [2.24, 2.45) is 5.92 Å². The van der Waals surface area contributed by atoms with Crippen molar-refractivity contribution in [1.82, 2.24) is 0 Å². The Morgan fingerprint density at radius 2 is 2.33 bits per heavy atom. The van der Waals surface area contributed by atoms with E-state index >= 15 is 0 Å². The lowest BCUT2D eigenvalue weighted by molar-refractivity contribution is -0.900. The molecule has 1 fully saturated rings. The van der Waals surface area contributed by atoms with Crippen LogP contribution >= 0.6 is 0 Å². The number of anilines is 1. The van der Waals surface area contributed by atoms with Gasteiger partial charge in [0.05, 0.1) is 13.1 Å². The van der Waals surface area contributed by atoms with Crippen molar-refractivity contribution in [2.75, 3.05) is 25.0 Å². The maximum absolute atomic E-state index is 12.0. The van der Waals surface area contributed by atoms with Gasteiger partial charge in [-0.2, -0.15) is 0 Å². The number of hydrogen-bond donors (Lipinski definition) is 2. The molecule has 18 heavy (non-hydrogen) atoms. The van der Waals surface area contributed by atoms with Gasteiger partial charge in [-0.3, -0.25) is 4.79 Å². The third-order valence-corrected chi connectivity index (χ3v) is 3.58. The molecule has 0 bridgehead atoms. The number of carbonyl (C=O) groups excluding carboxylic acids is 1. The summed E-state index contributed by atoms with van der Waals surface area (Å²) in [4.78, 5) is 13.4. The molecule has 0 spiro atoms. The molecule has 1 heterocycles. The molecule has 2 rings (SSSR count). The lowest BCUT2D eigenvalue weighted by Crippen LogP contribution is -3.14. The highest BCUT2D eigenvalue weighted by molar-refractivity contribution is 5.91. The fourth-order valence-electron chi connectivity index (χ4n) is 2.71. The first-order chi connectivity index (χ1) is 8.63. The van der Waals surface area contributed by atoms with Gasteiger partial charge in [0.1, 0.15) is 0 Å². The third-order valence-electron chi connectivity index (χ3n) is 3.58. The zero-order chi connectivity index (χ0) is 13.0. The average molecular weight is 247 g/mol. The number of quaternary nitrogens is 1. The Labute approximate surface area is 109 Å². The van der Waals surface area contributed by atoms with Crippen molar-refractivity contribution in [1.29, 1.82) is 0 Å². The Morgan fingerprint density at radius 1 is 1.50 bits per heavy atom. The first-order valence-electron chi connectivity index (χ1n) is 6.83. The maximum atomic E-state index is 12.0. The second-order valence-electron chi connectivity index (χ2n) is 5.55. The highest BCUT2D eigenvalue weighted by atomic mass is 16.2. The zero-order valence-corrected chi connectivity index (χ0v) is 11.3. The quantitative estimate of drug-likeness (QED) is 0.828. The van der Waals surface area contributed by atoms with Gasteiger partial charge in [-0.05, 0) is 37.5 Å². The Kier molecular flexibility index (Phi) is 4.37. The van der Waals surface area contributed by atoms with Gasteiger partial charge in [-0.15, -0.1) is 0 Å². The lowest BCUT2D eigenvalue weighted by Gasteiger charge is -2.27. The molecule has 2 atom stereocenters. The standard InChI is InChI=1S/C15H22N2O/c1-12-5-3-7-14(9-12)16-15(18)11-17-8-4-6-13(2)10-17/h3,5,7,9,13H,4,6,8,10-11H2,1-2H3,(H,16,18)/p+1/t13-/m1/s1. The molecule has 98 valence electrons. The van der Waals surface area contributed by atoms with Gasteiger partial charge in [-0.25, -0.2) is 0 Å². The minimum absolute atomic E-state index is 0.129. The number of carbonyl (C=O) groups is 1. The van der Waals surface area contributed by atoms with Crippen LogP contribution in [0, 0.1) is 12.8 Å². The van der Waals surface area contributed by atoms with Crippen molar-refractivity contribution >= 4 is 11.6 Å². The van der Waals surface area contributed by atoms with E-state index in [0.29, 0.717) is 6.54 Å². The summed E-state index contributed by atoms with van der Waals surface area (Å²) in [6, 6.07) is 7.96. The molecule has 1 amide bonds. The molecule has 2 N–H and O–H groups in total. The van der Waals surface area contributed by atoms with Crippen LogP contribution in [0.4, 0.5) is 5.69 Å². The van der Waals surface area contributed by atoms with Gasteiger partial charge in [0.2, 0.25) is 0 Å². The van der Waals surface area contributed by atoms with Crippen molar-refractivity contribution in [3.8, 4) is 0 Å². The zero-order valence-electron chi connectivity index (χ0n) is 11.3. The van der Waals surface area contributed by atoms with E-state index in [-0.39, 0.29) is 5.91 Å². The van der Waals surface area contributed by atoms with Crippen LogP contribution in [0.15, 0.2) is 24.3 Å². The molecule has 1 aromatic carbocycles. The van der Waals surface area contributed by atoms with Crippen LogP contribution in [0.1, 0.15) is 25.3 Å². The predicted molar refractivity (Wildman–Crippen MR) is 73.8 cm³/mol. The molecular weight excluding hydrogens is 224 g/mol. The Hall–Kier alpha value is -1.35. The van der Waals surface area contributed by atoms with E-state index in [0.717, 1.165) is 24.7 Å². The SMILES string of the molecule is Cc1cccc(NC(=O)C[NH+]2CCC[C@@H](C)C2)c1. The van der Waals surface area contributed by atoms with Crippen molar-refractivity contribution in [3.63, 3.8) is 0 Å². The molecular formula is C15H23N2O+. The molecule has 1 aliphatic heterocycles. The third kappa shape index (κ3) is 3.84. The Morgan fingerprint density at radius 3 is 3.06 bits per heavy atom. The van der Waals surface area contributed by atoms with Gasteiger partial charge >= 0.3 is 0 Å². The number of aryl methyl sites for hydroxylation is 1. The molecule has 0 aromatic heterocycles. The molecule has 1 aromatic rings. The minimum Gasteiger partial charge on any atom is -0.327 e. The van der Waals surface area contributed by atoms with Crippen LogP contribution in [-0.4, -0.2) is 25.5 Å². The number of benzene rings is 1. The monoisotopic (exact) mass is 247 g/mol. The number of hydrogen-bond acceptors (Lipinski definition) is 1. The normalized spacial score (nSPS) is 23.7. The summed E-state index contributed by atoms with van der Waals surface area (Å²) >= 11 is 0. The van der Waals surface area contributed by atoms with Crippen LogP contribution in [0.3, 0.4) is 0 Å². The fraction of sp³-hybridized carbons (Fsp3) is 0.533. The van der Waals surface area contributed by atoms with Crippen LogP contribution < -0.4 is 10.2 Å². The van der Waals surface area contributed by atoms with Crippen molar-refractivity contribution in [3.05, 3.63) is 29.8 Å². The van der Waals surface area contributed by atoms with E-state index in [9.17, 15) is 4.79 Å². The largest absolute Gasteiger partial charge is 0.327 e. The number of piperidine rings is 1. The Bertz CT molecular complexity index is 417. The maximum Gasteiger partial charge on any atom is 0.279 e. The summed E-state index contributed by atoms with van der Waals surface area (Å²) in [6.45, 7) is 7.16. The van der Waals surface area contributed by atoms with E-state index in [1.54, 1.807) is 0 Å². The van der Waals surface area contributed by atoms with E-state index in [1.807, 2.05) is 31.2 Å².